The van der Waals surface area contributed by atoms with E-state index in [1.165, 1.54) is 23.4 Å². The summed E-state index contributed by atoms with van der Waals surface area (Å²) >= 11 is 1.61. The van der Waals surface area contributed by atoms with Gasteiger partial charge in [0.1, 0.15) is 0 Å². The number of nitrogens with one attached hydrogen (secondary N) is 1. The number of nitrogens with zero attached hydrogens (tertiary/aromatic N) is 1. The van der Waals surface area contributed by atoms with E-state index in [0.29, 0.717) is 12.1 Å². The number of carbonyl (C=O) groups excluding carboxylic acids is 1. The quantitative estimate of drug-likeness (QED) is 0.852. The molecule has 0 unspecified atom stereocenters. The highest BCUT2D eigenvalue weighted by Gasteiger charge is 2.16. The maximum atomic E-state index is 12.0. The van der Waals surface area contributed by atoms with Crippen molar-refractivity contribution in [2.75, 3.05) is 11.1 Å². The summed E-state index contributed by atoms with van der Waals surface area (Å²) in [6.45, 7) is 0. The van der Waals surface area contributed by atoms with Crippen molar-refractivity contribution in [3.8, 4) is 0 Å². The van der Waals surface area contributed by atoms with Crippen molar-refractivity contribution in [3.63, 3.8) is 0 Å². The van der Waals surface area contributed by atoms with Crippen LogP contribution in [0.1, 0.15) is 29.0 Å². The maximum Gasteiger partial charge on any atom is 0.230 e. The van der Waals surface area contributed by atoms with Crippen molar-refractivity contribution in [2.45, 2.75) is 32.1 Å². The lowest BCUT2D eigenvalue weighted by molar-refractivity contribution is -0.115. The molecule has 0 aliphatic heterocycles. The summed E-state index contributed by atoms with van der Waals surface area (Å²) < 4.78 is 0. The van der Waals surface area contributed by atoms with Gasteiger partial charge in [-0.2, -0.15) is 0 Å². The van der Waals surface area contributed by atoms with E-state index in [4.69, 9.17) is 5.73 Å². The number of aromatic nitrogens is 1. The number of carbonyl (C=O) groups is 1. The van der Waals surface area contributed by atoms with Crippen molar-refractivity contribution >= 4 is 40.5 Å². The van der Waals surface area contributed by atoms with Gasteiger partial charge in [0.25, 0.3) is 0 Å². The van der Waals surface area contributed by atoms with Crippen LogP contribution in [0.25, 0.3) is 0 Å². The Labute approximate surface area is 134 Å². The van der Waals surface area contributed by atoms with Gasteiger partial charge in [-0.3, -0.25) is 4.79 Å². The van der Waals surface area contributed by atoms with Crippen LogP contribution in [0.3, 0.4) is 0 Å². The van der Waals surface area contributed by atoms with E-state index < -0.39 is 0 Å². The van der Waals surface area contributed by atoms with Crippen molar-refractivity contribution in [1.82, 2.24) is 4.98 Å². The summed E-state index contributed by atoms with van der Waals surface area (Å²) in [6, 6.07) is 7.37. The van der Waals surface area contributed by atoms with Crippen LogP contribution >= 0.6 is 23.7 Å². The second-order valence-corrected chi connectivity index (χ2v) is 6.15. The molecule has 1 aliphatic rings. The number of rotatable bonds is 3. The Morgan fingerprint density at radius 2 is 1.95 bits per heavy atom. The molecule has 1 aromatic carbocycles. The monoisotopic (exact) mass is 323 g/mol. The number of nitrogens with two attached hydrogens (primary N) is 1. The normalized spacial score (nSPS) is 13.1. The molecule has 4 nitrogen and oxygen atoms in total. The topological polar surface area (TPSA) is 68.0 Å². The Hall–Kier alpha value is -1.59. The molecule has 0 bridgehead atoms. The molecule has 112 valence electrons. The van der Waals surface area contributed by atoms with Crippen LogP contribution in [-0.4, -0.2) is 10.9 Å². The number of nitrogen functional groups attached to an aromatic ring is 1. The van der Waals surface area contributed by atoms with Gasteiger partial charge in [0, 0.05) is 10.6 Å². The Balaban J connectivity index is 0.00000161. The number of hydrogen-bond acceptors (Lipinski definition) is 4. The number of thiazole rings is 1. The van der Waals surface area contributed by atoms with Gasteiger partial charge in [0.15, 0.2) is 5.13 Å². The molecule has 0 fully saturated rings. The van der Waals surface area contributed by atoms with Crippen LogP contribution in [-0.2, 0) is 24.1 Å². The molecule has 0 atom stereocenters. The molecule has 6 heteroatoms. The van der Waals surface area contributed by atoms with E-state index in [0.717, 1.165) is 23.5 Å². The van der Waals surface area contributed by atoms with E-state index in [9.17, 15) is 4.79 Å². The number of amides is 1. The summed E-state index contributed by atoms with van der Waals surface area (Å²) in [6.07, 6.45) is 4.93. The second kappa shape index (κ2) is 6.91. The van der Waals surface area contributed by atoms with E-state index in [2.05, 4.69) is 10.3 Å². The lowest BCUT2D eigenvalue weighted by Gasteiger charge is -2.06. The average molecular weight is 324 g/mol. The van der Waals surface area contributed by atoms with E-state index in [1.54, 1.807) is 11.3 Å². The number of halogens is 1. The third-order valence-electron chi connectivity index (χ3n) is 3.44. The van der Waals surface area contributed by atoms with Crippen LogP contribution in [0, 0.1) is 0 Å². The number of hydrogen-bond donors (Lipinski definition) is 2. The molecular formula is C15H18ClN3OS. The van der Waals surface area contributed by atoms with Gasteiger partial charge in [-0.1, -0.05) is 12.1 Å². The molecule has 2 aromatic rings. The van der Waals surface area contributed by atoms with E-state index in [1.807, 2.05) is 24.3 Å². The zero-order chi connectivity index (χ0) is 13.9. The van der Waals surface area contributed by atoms with Crippen molar-refractivity contribution in [1.29, 1.82) is 0 Å². The lowest BCUT2D eigenvalue weighted by Crippen LogP contribution is -2.14. The molecule has 3 rings (SSSR count). The molecule has 0 radical (unpaired) electrons. The molecule has 1 aliphatic carbocycles. The van der Waals surface area contributed by atoms with Crippen molar-refractivity contribution in [2.24, 2.45) is 0 Å². The number of benzene rings is 1. The minimum Gasteiger partial charge on any atom is -0.399 e. The van der Waals surface area contributed by atoms with Crippen LogP contribution in [0.15, 0.2) is 24.3 Å². The zero-order valence-corrected chi connectivity index (χ0v) is 13.2. The van der Waals surface area contributed by atoms with E-state index >= 15 is 0 Å². The third-order valence-corrected chi connectivity index (χ3v) is 4.51. The zero-order valence-electron chi connectivity index (χ0n) is 11.6. The molecule has 21 heavy (non-hydrogen) atoms. The first-order valence-electron chi connectivity index (χ1n) is 6.83. The molecular weight excluding hydrogens is 306 g/mol. The molecule has 3 N–H and O–H groups in total. The lowest BCUT2D eigenvalue weighted by atomic mass is 10.0. The summed E-state index contributed by atoms with van der Waals surface area (Å²) in [7, 11) is 0. The van der Waals surface area contributed by atoms with Gasteiger partial charge in [0.05, 0.1) is 12.1 Å². The summed E-state index contributed by atoms with van der Waals surface area (Å²) in [4.78, 5) is 17.8. The first-order valence-corrected chi connectivity index (χ1v) is 7.65. The molecule has 0 saturated heterocycles. The summed E-state index contributed by atoms with van der Waals surface area (Å²) in [5.41, 5.74) is 8.46. The van der Waals surface area contributed by atoms with Crippen molar-refractivity contribution < 1.29 is 4.79 Å². The van der Waals surface area contributed by atoms with Crippen LogP contribution in [0.5, 0.6) is 0 Å². The van der Waals surface area contributed by atoms with Crippen LogP contribution in [0.2, 0.25) is 0 Å². The Kier molecular flexibility index (Phi) is 5.20. The predicted molar refractivity (Wildman–Crippen MR) is 89.2 cm³/mol. The first kappa shape index (κ1) is 15.8. The minimum absolute atomic E-state index is 0. The average Bonchev–Trinajstić information content (AvgIpc) is 2.83. The van der Waals surface area contributed by atoms with Gasteiger partial charge in [-0.05, 0) is 43.4 Å². The second-order valence-electron chi connectivity index (χ2n) is 5.06. The smallest absolute Gasteiger partial charge is 0.230 e. The van der Waals surface area contributed by atoms with Crippen molar-refractivity contribution in [3.05, 3.63) is 40.4 Å². The molecule has 0 spiro atoms. The number of fused-ring (bicyclic) bond motifs is 1. The van der Waals surface area contributed by atoms with Gasteiger partial charge >= 0.3 is 0 Å². The molecule has 1 heterocycles. The summed E-state index contributed by atoms with van der Waals surface area (Å²) in [5, 5.41) is 3.63. The predicted octanol–water partition coefficient (Wildman–Crippen LogP) is 3.21. The van der Waals surface area contributed by atoms with E-state index in [-0.39, 0.29) is 18.3 Å². The SMILES string of the molecule is Cl.Nc1ccc(CC(=O)Nc2nc3c(s2)CCCC3)cc1. The molecule has 0 saturated carbocycles. The fourth-order valence-electron chi connectivity index (χ4n) is 2.39. The van der Waals surface area contributed by atoms with Gasteiger partial charge < -0.3 is 11.1 Å². The van der Waals surface area contributed by atoms with Crippen LogP contribution < -0.4 is 11.1 Å². The van der Waals surface area contributed by atoms with Crippen LogP contribution in [0.4, 0.5) is 10.8 Å². The first-order chi connectivity index (χ1) is 9.70. The highest BCUT2D eigenvalue weighted by molar-refractivity contribution is 7.15. The highest BCUT2D eigenvalue weighted by atomic mass is 35.5. The highest BCUT2D eigenvalue weighted by Crippen LogP contribution is 2.29. The Bertz CT molecular complexity index is 601. The van der Waals surface area contributed by atoms with Gasteiger partial charge in [-0.15, -0.1) is 23.7 Å². The summed E-state index contributed by atoms with van der Waals surface area (Å²) in [5.74, 6) is -0.0270. The Morgan fingerprint density at radius 1 is 1.24 bits per heavy atom. The number of anilines is 2. The van der Waals surface area contributed by atoms with Gasteiger partial charge in [-0.25, -0.2) is 4.98 Å². The minimum atomic E-state index is -0.0270. The fourth-order valence-corrected chi connectivity index (χ4v) is 3.46. The van der Waals surface area contributed by atoms with Gasteiger partial charge in [0.2, 0.25) is 5.91 Å². The molecule has 1 aromatic heterocycles. The largest absolute Gasteiger partial charge is 0.399 e. The third kappa shape index (κ3) is 3.95. The fraction of sp³-hybridized carbons (Fsp3) is 0.333. The number of aryl methyl sites for hydroxylation is 2. The standard InChI is InChI=1S/C15H17N3OS.ClH/c16-11-7-5-10(6-8-11)9-14(19)18-15-17-12-3-1-2-4-13(12)20-15;/h5-8H,1-4,9,16H2,(H,17,18,19);1H. The maximum absolute atomic E-state index is 12.0. The Morgan fingerprint density at radius 3 is 2.67 bits per heavy atom. The molecule has 1 amide bonds.